The molecule has 2 aromatic carbocycles. The van der Waals surface area contributed by atoms with Gasteiger partial charge in [-0.1, -0.05) is 24.1 Å². The second kappa shape index (κ2) is 8.17. The number of aliphatic hydroxyl groups is 4. The Labute approximate surface area is 156 Å². The summed E-state index contributed by atoms with van der Waals surface area (Å²) in [6.07, 6.45) is -0.694. The van der Waals surface area contributed by atoms with Crippen molar-refractivity contribution in [2.24, 2.45) is 0 Å². The fourth-order valence-corrected chi connectivity index (χ4v) is 3.22. The lowest BCUT2D eigenvalue weighted by Gasteiger charge is -2.40. The van der Waals surface area contributed by atoms with Crippen LogP contribution in [-0.2, 0) is 11.2 Å². The van der Waals surface area contributed by atoms with Gasteiger partial charge >= 0.3 is 0 Å². The molecule has 0 bridgehead atoms. The molecule has 1 saturated heterocycles. The Morgan fingerprint density at radius 3 is 2.33 bits per heavy atom. The molecule has 4 N–H and O–H groups in total. The molecule has 0 saturated carbocycles. The summed E-state index contributed by atoms with van der Waals surface area (Å²) in [4.78, 5) is 0. The van der Waals surface area contributed by atoms with Gasteiger partial charge in [0, 0.05) is 12.0 Å². The minimum atomic E-state index is -1.48. The van der Waals surface area contributed by atoms with Crippen molar-refractivity contribution >= 4 is 0 Å². The Kier molecular flexibility index (Phi) is 5.90. The summed E-state index contributed by atoms with van der Waals surface area (Å²) in [6.45, 7) is -0.517. The van der Waals surface area contributed by atoms with Crippen LogP contribution in [0.4, 0.5) is 4.39 Å². The van der Waals surface area contributed by atoms with Crippen LogP contribution in [0.3, 0.4) is 0 Å². The molecule has 27 heavy (non-hydrogen) atoms. The third kappa shape index (κ3) is 4.03. The summed E-state index contributed by atoms with van der Waals surface area (Å²) in [6, 6.07) is 11.4. The third-order valence-corrected chi connectivity index (χ3v) is 4.81. The highest BCUT2D eigenvalue weighted by Gasteiger charge is 2.44. The number of terminal acetylenes is 1. The molecule has 2 aromatic rings. The molecule has 0 spiro atoms. The van der Waals surface area contributed by atoms with Crippen molar-refractivity contribution in [3.8, 4) is 12.3 Å². The standard InChI is InChI=1S/C21H21FO5/c1-2-12-3-5-13(6-4-12)9-15-10-14(7-8-16(15)22)21-20(26)19(25)18(24)17(11-23)27-21/h1,3-8,10,17-21,23-26H,9,11H2/t17-,18-,19?,20-,21?/m1/s1. The van der Waals surface area contributed by atoms with E-state index in [1.54, 1.807) is 18.2 Å². The lowest BCUT2D eigenvalue weighted by atomic mass is 9.90. The van der Waals surface area contributed by atoms with Crippen molar-refractivity contribution in [2.45, 2.75) is 36.9 Å². The van der Waals surface area contributed by atoms with Crippen LogP contribution in [-0.4, -0.2) is 51.4 Å². The van der Waals surface area contributed by atoms with E-state index in [4.69, 9.17) is 11.2 Å². The number of aliphatic hydroxyl groups excluding tert-OH is 4. The number of hydrogen-bond donors (Lipinski definition) is 4. The van der Waals surface area contributed by atoms with Crippen LogP contribution in [0.1, 0.15) is 28.4 Å². The minimum Gasteiger partial charge on any atom is -0.394 e. The van der Waals surface area contributed by atoms with Crippen LogP contribution in [0, 0.1) is 18.2 Å². The molecule has 1 heterocycles. The first-order chi connectivity index (χ1) is 12.9. The van der Waals surface area contributed by atoms with Gasteiger partial charge in [-0.05, 0) is 41.0 Å². The fourth-order valence-electron chi connectivity index (χ4n) is 3.22. The molecule has 142 valence electrons. The normalized spacial score (nSPS) is 27.9. The van der Waals surface area contributed by atoms with E-state index in [2.05, 4.69) is 5.92 Å². The highest BCUT2D eigenvalue weighted by Crippen LogP contribution is 2.33. The van der Waals surface area contributed by atoms with Gasteiger partial charge in [0.2, 0.25) is 0 Å². The van der Waals surface area contributed by atoms with E-state index < -0.39 is 42.9 Å². The smallest absolute Gasteiger partial charge is 0.126 e. The molecule has 0 radical (unpaired) electrons. The molecule has 0 aromatic heterocycles. The maximum absolute atomic E-state index is 14.3. The summed E-state index contributed by atoms with van der Waals surface area (Å²) >= 11 is 0. The molecule has 2 unspecified atom stereocenters. The quantitative estimate of drug-likeness (QED) is 0.599. The summed E-state index contributed by atoms with van der Waals surface area (Å²) in [7, 11) is 0. The van der Waals surface area contributed by atoms with Crippen LogP contribution in [0.2, 0.25) is 0 Å². The first-order valence-electron chi connectivity index (χ1n) is 8.59. The molecule has 3 rings (SSSR count). The van der Waals surface area contributed by atoms with Gasteiger partial charge in [-0.2, -0.15) is 0 Å². The summed E-state index contributed by atoms with van der Waals surface area (Å²) in [5.74, 6) is 2.11. The average molecular weight is 372 g/mol. The Morgan fingerprint density at radius 1 is 1.00 bits per heavy atom. The Balaban J connectivity index is 1.86. The van der Waals surface area contributed by atoms with E-state index in [-0.39, 0.29) is 0 Å². The minimum absolute atomic E-state index is 0.307. The molecule has 1 aliphatic heterocycles. The third-order valence-electron chi connectivity index (χ3n) is 4.81. The number of ether oxygens (including phenoxy) is 1. The van der Waals surface area contributed by atoms with Crippen molar-refractivity contribution in [3.05, 3.63) is 70.5 Å². The largest absolute Gasteiger partial charge is 0.394 e. The van der Waals surface area contributed by atoms with Gasteiger partial charge in [-0.15, -0.1) is 6.42 Å². The zero-order valence-corrected chi connectivity index (χ0v) is 14.5. The SMILES string of the molecule is C#Cc1ccc(Cc2cc(C3O[C@H](CO)[C@@H](O)C(O)[C@H]3O)ccc2F)cc1. The van der Waals surface area contributed by atoms with Gasteiger partial charge in [0.05, 0.1) is 6.61 Å². The van der Waals surface area contributed by atoms with Gasteiger partial charge in [-0.3, -0.25) is 0 Å². The van der Waals surface area contributed by atoms with Crippen molar-refractivity contribution in [1.29, 1.82) is 0 Å². The second-order valence-electron chi connectivity index (χ2n) is 6.62. The maximum atomic E-state index is 14.3. The van der Waals surface area contributed by atoms with Crippen LogP contribution >= 0.6 is 0 Å². The molecular weight excluding hydrogens is 351 g/mol. The highest BCUT2D eigenvalue weighted by atomic mass is 19.1. The van der Waals surface area contributed by atoms with Gasteiger partial charge in [0.1, 0.15) is 36.3 Å². The average Bonchev–Trinajstić information content (AvgIpc) is 2.69. The fraction of sp³-hybridized carbons (Fsp3) is 0.333. The number of rotatable bonds is 4. The van der Waals surface area contributed by atoms with Crippen molar-refractivity contribution in [3.63, 3.8) is 0 Å². The van der Waals surface area contributed by atoms with Crippen LogP contribution in [0.25, 0.3) is 0 Å². The van der Waals surface area contributed by atoms with Crippen molar-refractivity contribution in [1.82, 2.24) is 0 Å². The first kappa shape index (κ1) is 19.5. The monoisotopic (exact) mass is 372 g/mol. The molecular formula is C21H21FO5. The summed E-state index contributed by atoms with van der Waals surface area (Å²) < 4.78 is 19.8. The molecule has 0 aliphatic carbocycles. The summed E-state index contributed by atoms with van der Waals surface area (Å²) in [5.41, 5.74) is 2.43. The van der Waals surface area contributed by atoms with Crippen LogP contribution in [0.5, 0.6) is 0 Å². The van der Waals surface area contributed by atoms with E-state index in [0.717, 1.165) is 11.1 Å². The zero-order valence-electron chi connectivity index (χ0n) is 14.5. The van der Waals surface area contributed by atoms with Crippen molar-refractivity contribution < 1.29 is 29.6 Å². The number of benzene rings is 2. The van der Waals surface area contributed by atoms with E-state index in [9.17, 15) is 24.8 Å². The van der Waals surface area contributed by atoms with E-state index >= 15 is 0 Å². The Hall–Kier alpha value is -2.27. The van der Waals surface area contributed by atoms with Gasteiger partial charge in [-0.25, -0.2) is 4.39 Å². The van der Waals surface area contributed by atoms with Crippen molar-refractivity contribution in [2.75, 3.05) is 6.61 Å². The zero-order chi connectivity index (χ0) is 19.6. The molecule has 5 nitrogen and oxygen atoms in total. The van der Waals surface area contributed by atoms with Gasteiger partial charge < -0.3 is 25.2 Å². The summed E-state index contributed by atoms with van der Waals surface area (Å²) in [5, 5.41) is 39.4. The lowest BCUT2D eigenvalue weighted by molar-refractivity contribution is -0.231. The Bertz CT molecular complexity index is 827. The van der Waals surface area contributed by atoms with Crippen LogP contribution < -0.4 is 0 Å². The highest BCUT2D eigenvalue weighted by molar-refractivity contribution is 5.37. The molecule has 5 atom stereocenters. The van der Waals surface area contributed by atoms with E-state index in [0.29, 0.717) is 17.5 Å². The lowest BCUT2D eigenvalue weighted by Crippen LogP contribution is -2.55. The van der Waals surface area contributed by atoms with E-state index in [1.807, 2.05) is 12.1 Å². The predicted octanol–water partition coefficient (Wildman–Crippen LogP) is 0.913. The Morgan fingerprint density at radius 2 is 1.70 bits per heavy atom. The second-order valence-corrected chi connectivity index (χ2v) is 6.62. The molecule has 0 amide bonds. The number of halogens is 1. The molecule has 6 heteroatoms. The first-order valence-corrected chi connectivity index (χ1v) is 8.59. The predicted molar refractivity (Wildman–Crippen MR) is 96.3 cm³/mol. The van der Waals surface area contributed by atoms with Gasteiger partial charge in [0.25, 0.3) is 0 Å². The van der Waals surface area contributed by atoms with Gasteiger partial charge in [0.15, 0.2) is 0 Å². The number of hydrogen-bond acceptors (Lipinski definition) is 5. The topological polar surface area (TPSA) is 90.2 Å². The molecule has 1 aliphatic rings. The van der Waals surface area contributed by atoms with Crippen LogP contribution in [0.15, 0.2) is 42.5 Å². The maximum Gasteiger partial charge on any atom is 0.126 e. The van der Waals surface area contributed by atoms with E-state index in [1.165, 1.54) is 12.1 Å². The molecule has 1 fully saturated rings.